The van der Waals surface area contributed by atoms with E-state index < -0.39 is 11.9 Å². The van der Waals surface area contributed by atoms with Gasteiger partial charge in [0.2, 0.25) is 0 Å². The lowest BCUT2D eigenvalue weighted by atomic mass is 10.0. The van der Waals surface area contributed by atoms with Crippen molar-refractivity contribution in [2.45, 2.75) is 20.4 Å². The minimum Gasteiger partial charge on any atom is -0.465 e. The molecule has 4 nitrogen and oxygen atoms in total. The summed E-state index contributed by atoms with van der Waals surface area (Å²) in [4.78, 5) is 12.1. The molecule has 2 N–H and O–H groups in total. The van der Waals surface area contributed by atoms with Gasteiger partial charge >= 0.3 is 5.97 Å². The van der Waals surface area contributed by atoms with E-state index in [9.17, 15) is 4.79 Å². The third-order valence-corrected chi connectivity index (χ3v) is 2.91. The summed E-state index contributed by atoms with van der Waals surface area (Å²) in [5.41, 5.74) is 1.25. The number of hydrogen-bond acceptors (Lipinski definition) is 4. The van der Waals surface area contributed by atoms with Crippen molar-refractivity contribution < 1.29 is 9.53 Å². The van der Waals surface area contributed by atoms with Crippen molar-refractivity contribution >= 4 is 28.9 Å². The molecule has 0 spiro atoms. The monoisotopic (exact) mass is 278 g/mol. The van der Waals surface area contributed by atoms with Gasteiger partial charge in [-0.3, -0.25) is 4.79 Å². The van der Waals surface area contributed by atoms with Crippen LogP contribution in [-0.2, 0) is 16.1 Å². The molecule has 0 unspecified atom stereocenters. The Morgan fingerprint density at radius 1 is 1.42 bits per heavy atom. The fraction of sp³-hybridized carbons (Fsp3) is 0.357. The zero-order valence-electron chi connectivity index (χ0n) is 11.1. The number of carbonyl (C=O) groups excluding carboxylic acids is 1. The Morgan fingerprint density at radius 3 is 2.58 bits per heavy atom. The van der Waals surface area contributed by atoms with Crippen LogP contribution in [0.2, 0.25) is 0 Å². The van der Waals surface area contributed by atoms with Gasteiger partial charge in [-0.2, -0.15) is 0 Å². The average Bonchev–Trinajstić information content (AvgIpc) is 2.37. The summed E-state index contributed by atoms with van der Waals surface area (Å²) < 4.78 is 4.93. The molecule has 0 saturated heterocycles. The molecule has 0 aliphatic heterocycles. The van der Waals surface area contributed by atoms with Gasteiger partial charge in [0.15, 0.2) is 0 Å². The molecule has 1 rings (SSSR count). The van der Waals surface area contributed by atoms with Crippen LogP contribution in [0.1, 0.15) is 19.4 Å². The lowest BCUT2D eigenvalue weighted by Gasteiger charge is -2.17. The average molecular weight is 278 g/mol. The van der Waals surface area contributed by atoms with E-state index in [0.717, 1.165) is 5.56 Å². The highest BCUT2D eigenvalue weighted by Gasteiger charge is 2.26. The van der Waals surface area contributed by atoms with Crippen LogP contribution in [0.15, 0.2) is 30.3 Å². The maximum absolute atomic E-state index is 11.7. The number of rotatable bonds is 6. The second-order valence-electron chi connectivity index (χ2n) is 4.07. The summed E-state index contributed by atoms with van der Waals surface area (Å²) in [5.74, 6) is -1.26. The summed E-state index contributed by atoms with van der Waals surface area (Å²) >= 11 is 5.19. The zero-order valence-corrected chi connectivity index (χ0v) is 11.9. The molecule has 1 aromatic rings. The number of benzene rings is 1. The van der Waals surface area contributed by atoms with Crippen molar-refractivity contribution in [3.8, 4) is 0 Å². The molecule has 0 saturated carbocycles. The van der Waals surface area contributed by atoms with Gasteiger partial charge in [-0.15, -0.1) is 0 Å². The minimum absolute atomic E-state index is 0.184. The molecular formula is C14H18N2O2S. The molecule has 0 amide bonds. The normalized spacial score (nSPS) is 11.5. The molecule has 102 valence electrons. The van der Waals surface area contributed by atoms with Gasteiger partial charge < -0.3 is 15.5 Å². The van der Waals surface area contributed by atoms with Gasteiger partial charge in [0.1, 0.15) is 5.92 Å². The quantitative estimate of drug-likeness (QED) is 0.476. The van der Waals surface area contributed by atoms with Crippen molar-refractivity contribution in [2.24, 2.45) is 5.92 Å². The van der Waals surface area contributed by atoms with Gasteiger partial charge in [-0.1, -0.05) is 42.5 Å². The predicted octanol–water partition coefficient (Wildman–Crippen LogP) is 2.32. The Balaban J connectivity index is 2.63. The number of ether oxygens (including phenoxy) is 1. The van der Waals surface area contributed by atoms with E-state index in [-0.39, 0.29) is 12.3 Å². The lowest BCUT2D eigenvalue weighted by molar-refractivity contribution is -0.143. The Kier molecular flexibility index (Phi) is 6.15. The first-order chi connectivity index (χ1) is 9.06. The van der Waals surface area contributed by atoms with Crippen LogP contribution in [0.4, 0.5) is 0 Å². The largest absolute Gasteiger partial charge is 0.465 e. The highest BCUT2D eigenvalue weighted by Crippen LogP contribution is 2.06. The third-order valence-electron chi connectivity index (χ3n) is 2.53. The van der Waals surface area contributed by atoms with E-state index in [2.05, 4.69) is 5.32 Å². The molecule has 0 radical (unpaired) electrons. The fourth-order valence-electron chi connectivity index (χ4n) is 1.59. The summed E-state index contributed by atoms with van der Waals surface area (Å²) in [6, 6.07) is 9.74. The smallest absolute Gasteiger partial charge is 0.321 e. The first kappa shape index (κ1) is 15.3. The van der Waals surface area contributed by atoms with Crippen molar-refractivity contribution in [1.82, 2.24) is 5.32 Å². The second kappa shape index (κ2) is 7.63. The SMILES string of the molecule is CCOC(=O)[C@@H](C(C)=N)C(=S)NCc1ccccc1. The number of hydrogen-bond donors (Lipinski definition) is 2. The third kappa shape index (κ3) is 4.79. The van der Waals surface area contributed by atoms with Crippen LogP contribution >= 0.6 is 12.2 Å². The van der Waals surface area contributed by atoms with Gasteiger partial charge in [-0.05, 0) is 19.4 Å². The fourth-order valence-corrected chi connectivity index (χ4v) is 1.94. The molecule has 0 aliphatic carbocycles. The molecule has 0 bridgehead atoms. The molecule has 0 aliphatic rings. The molecule has 1 aromatic carbocycles. The number of thiocarbonyl (C=S) groups is 1. The molecule has 19 heavy (non-hydrogen) atoms. The molecule has 5 heteroatoms. The molecule has 1 atom stereocenters. The van der Waals surface area contributed by atoms with E-state index in [0.29, 0.717) is 11.5 Å². The van der Waals surface area contributed by atoms with E-state index >= 15 is 0 Å². The lowest BCUT2D eigenvalue weighted by Crippen LogP contribution is -2.38. The number of nitrogens with one attached hydrogen (secondary N) is 2. The van der Waals surface area contributed by atoms with Crippen LogP contribution in [0, 0.1) is 11.3 Å². The highest BCUT2D eigenvalue weighted by atomic mass is 32.1. The van der Waals surface area contributed by atoms with E-state index in [4.69, 9.17) is 22.4 Å². The van der Waals surface area contributed by atoms with E-state index in [1.807, 2.05) is 30.3 Å². The first-order valence-corrected chi connectivity index (χ1v) is 6.50. The molecular weight excluding hydrogens is 260 g/mol. The van der Waals surface area contributed by atoms with E-state index in [1.165, 1.54) is 0 Å². The molecule has 0 aromatic heterocycles. The van der Waals surface area contributed by atoms with Crippen LogP contribution in [-0.4, -0.2) is 23.3 Å². The minimum atomic E-state index is -0.793. The predicted molar refractivity (Wildman–Crippen MR) is 79.4 cm³/mol. The summed E-state index contributed by atoms with van der Waals surface area (Å²) in [5, 5.41) is 10.7. The topological polar surface area (TPSA) is 62.2 Å². The summed E-state index contributed by atoms with van der Waals surface area (Å²) in [7, 11) is 0. The number of carbonyl (C=O) groups is 1. The van der Waals surface area contributed by atoms with Crippen LogP contribution < -0.4 is 5.32 Å². The standard InChI is InChI=1S/C14H18N2O2S/c1-3-18-14(17)12(10(2)15)13(19)16-9-11-7-5-4-6-8-11/h4-8,12,15H,3,9H2,1-2H3,(H,16,19)/t12-/m0/s1. The Labute approximate surface area is 118 Å². The maximum Gasteiger partial charge on any atom is 0.321 e. The van der Waals surface area contributed by atoms with Crippen molar-refractivity contribution in [3.05, 3.63) is 35.9 Å². The number of esters is 1. The van der Waals surface area contributed by atoms with Crippen LogP contribution in [0.3, 0.4) is 0 Å². The first-order valence-electron chi connectivity index (χ1n) is 6.09. The summed E-state index contributed by atoms with van der Waals surface area (Å²) in [6.07, 6.45) is 0. The second-order valence-corrected chi connectivity index (χ2v) is 4.51. The Hall–Kier alpha value is -1.75. The van der Waals surface area contributed by atoms with Gasteiger partial charge in [-0.25, -0.2) is 0 Å². The summed E-state index contributed by atoms with van der Waals surface area (Å²) in [6.45, 7) is 4.10. The van der Waals surface area contributed by atoms with Gasteiger partial charge in [0.05, 0.1) is 11.6 Å². The van der Waals surface area contributed by atoms with E-state index in [1.54, 1.807) is 13.8 Å². The van der Waals surface area contributed by atoms with Crippen molar-refractivity contribution in [1.29, 1.82) is 5.41 Å². The Morgan fingerprint density at radius 2 is 2.05 bits per heavy atom. The van der Waals surface area contributed by atoms with Gasteiger partial charge in [0.25, 0.3) is 0 Å². The highest BCUT2D eigenvalue weighted by molar-refractivity contribution is 7.80. The van der Waals surface area contributed by atoms with Gasteiger partial charge in [0, 0.05) is 12.3 Å². The Bertz CT molecular complexity index is 460. The van der Waals surface area contributed by atoms with Crippen molar-refractivity contribution in [3.63, 3.8) is 0 Å². The maximum atomic E-state index is 11.7. The van der Waals surface area contributed by atoms with Crippen molar-refractivity contribution in [2.75, 3.05) is 6.61 Å². The molecule has 0 heterocycles. The molecule has 0 fully saturated rings. The van der Waals surface area contributed by atoms with Crippen LogP contribution in [0.5, 0.6) is 0 Å². The zero-order chi connectivity index (χ0) is 14.3. The van der Waals surface area contributed by atoms with Crippen LogP contribution in [0.25, 0.3) is 0 Å².